The molecule has 2 aromatic carbocycles. The van der Waals surface area contributed by atoms with Crippen LogP contribution in [0.4, 0.5) is 5.69 Å². The summed E-state index contributed by atoms with van der Waals surface area (Å²) in [4.78, 5) is 46.1. The lowest BCUT2D eigenvalue weighted by atomic mass is 9.58. The van der Waals surface area contributed by atoms with Crippen LogP contribution < -0.4 is 10.6 Å². The quantitative estimate of drug-likeness (QED) is 0.108. The molecule has 6 heterocycles. The average molecular weight is 657 g/mol. The zero-order valence-electron chi connectivity index (χ0n) is 27.8. The first-order valence-corrected chi connectivity index (χ1v) is 17.4. The van der Waals surface area contributed by atoms with E-state index in [0.29, 0.717) is 25.4 Å². The van der Waals surface area contributed by atoms with E-state index in [1.807, 2.05) is 44.2 Å². The van der Waals surface area contributed by atoms with Crippen molar-refractivity contribution in [1.82, 2.24) is 15.3 Å². The molecule has 0 radical (unpaired) electrons. The third kappa shape index (κ3) is 5.31. The predicted molar refractivity (Wildman–Crippen MR) is 179 cm³/mol. The van der Waals surface area contributed by atoms with Gasteiger partial charge in [-0.05, 0) is 56.6 Å². The number of carbonyl (C=O) groups is 2. The molecule has 5 fully saturated rings. The van der Waals surface area contributed by atoms with Crippen LogP contribution in [0.1, 0.15) is 65.7 Å². The number of ether oxygens (including phenoxy) is 3. The summed E-state index contributed by atoms with van der Waals surface area (Å²) in [6.45, 7) is 7.31. The van der Waals surface area contributed by atoms with Crippen LogP contribution in [0.5, 0.6) is 0 Å². The van der Waals surface area contributed by atoms with Crippen LogP contribution in [0, 0.1) is 23.7 Å². The van der Waals surface area contributed by atoms with E-state index in [0.717, 1.165) is 64.2 Å². The van der Waals surface area contributed by atoms with Gasteiger partial charge in [0.2, 0.25) is 18.0 Å². The van der Waals surface area contributed by atoms with E-state index in [-0.39, 0.29) is 36.5 Å². The highest BCUT2D eigenvalue weighted by molar-refractivity contribution is 6.15. The second-order valence-corrected chi connectivity index (χ2v) is 14.3. The van der Waals surface area contributed by atoms with Crippen LogP contribution in [0.2, 0.25) is 0 Å². The van der Waals surface area contributed by atoms with Gasteiger partial charge in [0.15, 0.2) is 11.9 Å². The molecule has 2 aromatic heterocycles. The summed E-state index contributed by atoms with van der Waals surface area (Å²) >= 11 is 0. The second-order valence-electron chi connectivity index (χ2n) is 14.3. The van der Waals surface area contributed by atoms with Gasteiger partial charge in [0, 0.05) is 54.1 Å². The van der Waals surface area contributed by atoms with Gasteiger partial charge in [0.25, 0.3) is 0 Å². The largest absolute Gasteiger partial charge is 0.435 e. The Hall–Kier alpha value is -3.77. The van der Waals surface area contributed by atoms with E-state index in [4.69, 9.17) is 29.0 Å². The Morgan fingerprint density at radius 1 is 0.979 bits per heavy atom. The molecular formula is C37H44N4O7. The predicted octanol–water partition coefficient (Wildman–Crippen LogP) is 6.32. The van der Waals surface area contributed by atoms with Crippen LogP contribution in [-0.4, -0.2) is 58.9 Å². The third-order valence-electron chi connectivity index (χ3n) is 11.2. The van der Waals surface area contributed by atoms with E-state index in [1.54, 1.807) is 0 Å². The molecule has 0 unspecified atom stereocenters. The summed E-state index contributed by atoms with van der Waals surface area (Å²) in [5, 5.41) is 8.65. The van der Waals surface area contributed by atoms with Gasteiger partial charge in [-0.25, -0.2) is 14.8 Å². The number of hydrogen-bond acceptors (Lipinski definition) is 9. The Morgan fingerprint density at radius 3 is 2.67 bits per heavy atom. The van der Waals surface area contributed by atoms with E-state index in [1.165, 1.54) is 0 Å². The molecule has 1 aliphatic carbocycles. The molecule has 9 rings (SSSR count). The van der Waals surface area contributed by atoms with E-state index in [2.05, 4.69) is 40.7 Å². The van der Waals surface area contributed by atoms with Crippen molar-refractivity contribution in [3.05, 3.63) is 48.5 Å². The van der Waals surface area contributed by atoms with Gasteiger partial charge < -0.3 is 29.8 Å². The third-order valence-corrected chi connectivity index (χ3v) is 11.2. The molecule has 5 aliphatic rings. The van der Waals surface area contributed by atoms with Gasteiger partial charge in [-0.3, -0.25) is 9.59 Å². The topological polar surface area (TPSA) is 133 Å². The zero-order valence-corrected chi connectivity index (χ0v) is 27.8. The number of nitrogens with one attached hydrogen (secondary N) is 3. The maximum absolute atomic E-state index is 13.0. The Labute approximate surface area is 279 Å². The summed E-state index contributed by atoms with van der Waals surface area (Å²) in [6, 6.07) is 16.3. The molecule has 4 saturated heterocycles. The number of amides is 1. The van der Waals surface area contributed by atoms with Gasteiger partial charge in [-0.2, -0.15) is 0 Å². The summed E-state index contributed by atoms with van der Waals surface area (Å²) in [5.41, 5.74) is 4.15. The summed E-state index contributed by atoms with van der Waals surface area (Å²) in [6.07, 6.45) is 2.89. The number of H-pyrrole nitrogens is 1. The smallest absolute Gasteiger partial charge is 0.308 e. The van der Waals surface area contributed by atoms with Crippen LogP contribution in [0.25, 0.3) is 32.8 Å². The van der Waals surface area contributed by atoms with E-state index >= 15 is 0 Å². The highest BCUT2D eigenvalue weighted by atomic mass is 17.3. The number of carbonyl (C=O) groups excluding carboxylic acids is 2. The Balaban J connectivity index is 0.835. The van der Waals surface area contributed by atoms with Gasteiger partial charge in [-0.15, -0.1) is 0 Å². The molecule has 3 N–H and O–H groups in total. The molecule has 4 aromatic rings. The number of esters is 1. The Bertz CT molecular complexity index is 1860. The fraction of sp³-hybridized carbons (Fsp3) is 0.541. The Kier molecular flexibility index (Phi) is 8.06. The monoisotopic (exact) mass is 656 g/mol. The lowest BCUT2D eigenvalue weighted by Crippen LogP contribution is -2.70. The number of nitrogens with zero attached hydrogens (tertiary/aromatic N) is 1. The van der Waals surface area contributed by atoms with Crippen molar-refractivity contribution in [2.45, 2.75) is 89.7 Å². The van der Waals surface area contributed by atoms with Crippen molar-refractivity contribution in [3.8, 4) is 0 Å². The first kappa shape index (κ1) is 31.5. The number of rotatable bonds is 9. The van der Waals surface area contributed by atoms with Crippen LogP contribution in [-0.2, 0) is 33.6 Å². The number of aromatic amines is 1. The van der Waals surface area contributed by atoms with E-state index in [9.17, 15) is 9.59 Å². The number of benzene rings is 2. The van der Waals surface area contributed by atoms with E-state index < -0.39 is 29.9 Å². The number of hydrogen-bond donors (Lipinski definition) is 3. The van der Waals surface area contributed by atoms with Crippen LogP contribution >= 0.6 is 0 Å². The maximum Gasteiger partial charge on any atom is 0.308 e. The fourth-order valence-corrected chi connectivity index (χ4v) is 8.67. The number of para-hydroxylation sites is 2. The van der Waals surface area contributed by atoms with Crippen molar-refractivity contribution in [1.29, 1.82) is 0 Å². The first-order chi connectivity index (χ1) is 23.3. The lowest BCUT2D eigenvalue weighted by Gasteiger charge is -2.59. The average Bonchev–Trinajstić information content (AvgIpc) is 3.30. The molecule has 1 amide bonds. The second kappa shape index (κ2) is 12.3. The number of pyridine rings is 1. The molecule has 1 spiro atoms. The van der Waals surface area contributed by atoms with Gasteiger partial charge in [0.05, 0.1) is 28.7 Å². The van der Waals surface area contributed by atoms with Gasteiger partial charge in [-0.1, -0.05) is 50.2 Å². The maximum atomic E-state index is 13.0. The zero-order chi connectivity index (χ0) is 33.0. The molecular weight excluding hydrogens is 612 g/mol. The summed E-state index contributed by atoms with van der Waals surface area (Å²) in [5.74, 6) is -0.910. The molecule has 11 nitrogen and oxygen atoms in total. The minimum Gasteiger partial charge on any atom is -0.435 e. The summed E-state index contributed by atoms with van der Waals surface area (Å²) < 4.78 is 18.5. The first-order valence-electron chi connectivity index (χ1n) is 17.4. The summed E-state index contributed by atoms with van der Waals surface area (Å²) in [7, 11) is 0. The lowest BCUT2D eigenvalue weighted by molar-refractivity contribution is -0.576. The molecule has 2 bridgehead atoms. The SMILES string of the molecule is C[C@H]1[C@H](OC(=O)CCC(=O)NCCCNc2c3ccccc3nc3c2[nH]c2ccccc23)O[C@@H]2O[C@@]3(C)CC[C@H]4[C@H](C)CC[C@@H]1[C@@]24OO3. The molecule has 48 heavy (non-hydrogen) atoms. The number of aromatic nitrogens is 2. The van der Waals surface area contributed by atoms with Gasteiger partial charge >= 0.3 is 5.97 Å². The number of anilines is 1. The van der Waals surface area contributed by atoms with Crippen molar-refractivity contribution in [2.24, 2.45) is 23.7 Å². The van der Waals surface area contributed by atoms with Crippen LogP contribution in [0.15, 0.2) is 48.5 Å². The van der Waals surface area contributed by atoms with Crippen LogP contribution in [0.3, 0.4) is 0 Å². The number of fused-ring (bicyclic) bond motifs is 6. The molecule has 254 valence electrons. The Morgan fingerprint density at radius 2 is 1.79 bits per heavy atom. The van der Waals surface area contributed by atoms with Crippen molar-refractivity contribution in [3.63, 3.8) is 0 Å². The van der Waals surface area contributed by atoms with Crippen molar-refractivity contribution in [2.75, 3.05) is 18.4 Å². The normalized spacial score (nSPS) is 32.6. The standard InChI is InChI=1S/C37H44N4O7/c1-21-13-14-26-22(2)34(45-35-37(26)25(21)17-18-36(3,46-35)47-48-37)44-30(43)16-15-29(42)38-19-8-20-39-31-23-9-4-6-11-27(23)40-32-24-10-5-7-12-28(24)41-33(31)32/h4-7,9-12,21-22,25-26,34-35,41H,8,13-20H2,1-3H3,(H,38,42)(H,39,40)/t21-,22-,25+,26+,34-,35-,36-,37-/m1/s1. The molecule has 8 atom stereocenters. The fourth-order valence-electron chi connectivity index (χ4n) is 8.67. The molecule has 11 heteroatoms. The highest BCUT2D eigenvalue weighted by Gasteiger charge is 2.69. The van der Waals surface area contributed by atoms with Gasteiger partial charge in [0.1, 0.15) is 0 Å². The van der Waals surface area contributed by atoms with Crippen molar-refractivity contribution >= 4 is 50.4 Å². The van der Waals surface area contributed by atoms with Crippen molar-refractivity contribution < 1.29 is 33.6 Å². The molecule has 4 aliphatic heterocycles. The highest BCUT2D eigenvalue weighted by Crippen LogP contribution is 2.60. The minimum atomic E-state index is -0.894. The molecule has 1 saturated carbocycles. The minimum absolute atomic E-state index is 0.0314.